The Morgan fingerprint density at radius 2 is 2.00 bits per heavy atom. The summed E-state index contributed by atoms with van der Waals surface area (Å²) in [5, 5.41) is 2.72. The monoisotopic (exact) mass is 405 g/mol. The predicted octanol–water partition coefficient (Wildman–Crippen LogP) is 2.98. The molecule has 160 valence electrons. The van der Waals surface area contributed by atoms with Crippen LogP contribution < -0.4 is 10.1 Å². The lowest BCUT2D eigenvalue weighted by Crippen LogP contribution is -2.47. The summed E-state index contributed by atoms with van der Waals surface area (Å²) in [6.07, 6.45) is -0.855. The largest absolute Gasteiger partial charge is 0.485 e. The van der Waals surface area contributed by atoms with Crippen molar-refractivity contribution in [1.82, 2.24) is 9.80 Å². The van der Waals surface area contributed by atoms with Crippen molar-refractivity contribution in [2.24, 2.45) is 5.92 Å². The van der Waals surface area contributed by atoms with Crippen LogP contribution >= 0.6 is 0 Å². The van der Waals surface area contributed by atoms with Gasteiger partial charge in [-0.25, -0.2) is 4.79 Å². The Kier molecular flexibility index (Phi) is 6.77. The second-order valence-electron chi connectivity index (χ2n) is 8.54. The van der Waals surface area contributed by atoms with Crippen molar-refractivity contribution < 1.29 is 23.9 Å². The number of likely N-dealkylation sites (N-methyl/N-ethyl adjacent to an activating group) is 1. The van der Waals surface area contributed by atoms with E-state index in [4.69, 9.17) is 9.47 Å². The van der Waals surface area contributed by atoms with E-state index in [1.165, 1.54) is 11.8 Å². The maximum Gasteiger partial charge on any atom is 0.410 e. The fourth-order valence-corrected chi connectivity index (χ4v) is 3.13. The molecule has 0 aromatic heterocycles. The van der Waals surface area contributed by atoms with Crippen LogP contribution in [-0.4, -0.2) is 66.6 Å². The SMILES string of the molecule is CC(=O)Nc1cccc2c1O[C@@H](CN(C)C(=O)OC(C)(C)C)[C@H](C)CN(C)C2=O. The Labute approximate surface area is 172 Å². The minimum atomic E-state index is -0.601. The standard InChI is InChI=1S/C21H31N3O5/c1-13-11-23(6)19(26)15-9-8-10-16(22-14(2)25)18(15)28-17(13)12-24(7)20(27)29-21(3,4)5/h8-10,13,17H,11-12H2,1-7H3,(H,22,25)/t13-,17+/m1/s1. The van der Waals surface area contributed by atoms with Crippen LogP contribution in [0.3, 0.4) is 0 Å². The van der Waals surface area contributed by atoms with Gasteiger partial charge in [0.15, 0.2) is 5.75 Å². The highest BCUT2D eigenvalue weighted by Crippen LogP contribution is 2.34. The molecule has 8 heteroatoms. The molecule has 0 spiro atoms. The zero-order valence-electron chi connectivity index (χ0n) is 18.2. The lowest BCUT2D eigenvalue weighted by molar-refractivity contribution is -0.114. The van der Waals surface area contributed by atoms with Gasteiger partial charge in [0, 0.05) is 33.5 Å². The van der Waals surface area contributed by atoms with Crippen LogP contribution in [0.1, 0.15) is 45.0 Å². The highest BCUT2D eigenvalue weighted by molar-refractivity contribution is 6.01. The third kappa shape index (κ3) is 5.85. The summed E-state index contributed by atoms with van der Waals surface area (Å²) in [7, 11) is 3.38. The number of carbonyl (C=O) groups excluding carboxylic acids is 3. The van der Waals surface area contributed by atoms with Gasteiger partial charge in [-0.2, -0.15) is 0 Å². The van der Waals surface area contributed by atoms with Gasteiger partial charge in [0.2, 0.25) is 5.91 Å². The molecule has 3 amide bonds. The zero-order chi connectivity index (χ0) is 21.9. The first kappa shape index (κ1) is 22.5. The second-order valence-corrected chi connectivity index (χ2v) is 8.54. The average molecular weight is 405 g/mol. The number of fused-ring (bicyclic) bond motifs is 1. The van der Waals surface area contributed by atoms with Crippen molar-refractivity contribution in [3.8, 4) is 5.75 Å². The van der Waals surface area contributed by atoms with E-state index < -0.39 is 17.8 Å². The first-order valence-electron chi connectivity index (χ1n) is 9.66. The van der Waals surface area contributed by atoms with Crippen molar-refractivity contribution in [2.45, 2.75) is 46.3 Å². The van der Waals surface area contributed by atoms with Crippen molar-refractivity contribution in [3.05, 3.63) is 23.8 Å². The van der Waals surface area contributed by atoms with E-state index >= 15 is 0 Å². The predicted molar refractivity (Wildman–Crippen MR) is 110 cm³/mol. The molecule has 1 heterocycles. The van der Waals surface area contributed by atoms with E-state index in [-0.39, 0.29) is 24.3 Å². The normalized spacial score (nSPS) is 19.4. The molecule has 0 radical (unpaired) electrons. The number of anilines is 1. The van der Waals surface area contributed by atoms with E-state index in [9.17, 15) is 14.4 Å². The molecule has 1 N–H and O–H groups in total. The summed E-state index contributed by atoms with van der Waals surface area (Å²) < 4.78 is 11.7. The van der Waals surface area contributed by atoms with Crippen LogP contribution in [0, 0.1) is 5.92 Å². The molecule has 0 saturated heterocycles. The van der Waals surface area contributed by atoms with Gasteiger partial charge in [-0.1, -0.05) is 13.0 Å². The number of amides is 3. The molecule has 1 aliphatic rings. The van der Waals surface area contributed by atoms with Crippen molar-refractivity contribution in [3.63, 3.8) is 0 Å². The molecule has 0 bridgehead atoms. The van der Waals surface area contributed by atoms with Gasteiger partial charge < -0.3 is 24.6 Å². The summed E-state index contributed by atoms with van der Waals surface area (Å²) in [5.74, 6) is -0.195. The van der Waals surface area contributed by atoms with Crippen LogP contribution in [-0.2, 0) is 9.53 Å². The number of carbonyl (C=O) groups is 3. The number of benzene rings is 1. The maximum absolute atomic E-state index is 12.8. The van der Waals surface area contributed by atoms with Crippen LogP contribution in [0.2, 0.25) is 0 Å². The molecule has 1 aliphatic heterocycles. The Balaban J connectivity index is 2.35. The van der Waals surface area contributed by atoms with Gasteiger partial charge in [-0.05, 0) is 32.9 Å². The molecule has 0 fully saturated rings. The molecule has 0 aliphatic carbocycles. The van der Waals surface area contributed by atoms with Crippen LogP contribution in [0.5, 0.6) is 5.75 Å². The Hall–Kier alpha value is -2.77. The highest BCUT2D eigenvalue weighted by atomic mass is 16.6. The summed E-state index contributed by atoms with van der Waals surface area (Å²) >= 11 is 0. The van der Waals surface area contributed by atoms with E-state index in [1.54, 1.807) is 37.2 Å². The van der Waals surface area contributed by atoms with Crippen molar-refractivity contribution in [1.29, 1.82) is 0 Å². The van der Waals surface area contributed by atoms with Gasteiger partial charge >= 0.3 is 6.09 Å². The third-order valence-electron chi connectivity index (χ3n) is 4.53. The molecule has 0 unspecified atom stereocenters. The fraction of sp³-hybridized carbons (Fsp3) is 0.571. The van der Waals surface area contributed by atoms with Crippen molar-refractivity contribution >= 4 is 23.6 Å². The van der Waals surface area contributed by atoms with Crippen LogP contribution in [0.15, 0.2) is 18.2 Å². The highest BCUT2D eigenvalue weighted by Gasteiger charge is 2.32. The molecule has 1 aromatic carbocycles. The lowest BCUT2D eigenvalue weighted by Gasteiger charge is -2.35. The summed E-state index contributed by atoms with van der Waals surface area (Å²) in [6, 6.07) is 5.06. The second kappa shape index (κ2) is 8.71. The number of ether oxygens (including phenoxy) is 2. The number of nitrogens with zero attached hydrogens (tertiary/aromatic N) is 2. The first-order valence-corrected chi connectivity index (χ1v) is 9.66. The van der Waals surface area contributed by atoms with E-state index in [0.717, 1.165) is 0 Å². The van der Waals surface area contributed by atoms with Crippen LogP contribution in [0.4, 0.5) is 10.5 Å². The average Bonchev–Trinajstić information content (AvgIpc) is 2.58. The molecule has 0 saturated carbocycles. The zero-order valence-corrected chi connectivity index (χ0v) is 18.2. The van der Waals surface area contributed by atoms with Gasteiger partial charge in [-0.3, -0.25) is 9.59 Å². The lowest BCUT2D eigenvalue weighted by atomic mass is 10.0. The minimum absolute atomic E-state index is 0.0626. The number of hydrogen-bond acceptors (Lipinski definition) is 5. The minimum Gasteiger partial charge on any atom is -0.485 e. The molecule has 29 heavy (non-hydrogen) atoms. The Morgan fingerprint density at radius 3 is 2.59 bits per heavy atom. The Morgan fingerprint density at radius 1 is 1.34 bits per heavy atom. The number of rotatable bonds is 3. The maximum atomic E-state index is 12.8. The van der Waals surface area contributed by atoms with E-state index in [2.05, 4.69) is 5.32 Å². The van der Waals surface area contributed by atoms with E-state index in [0.29, 0.717) is 23.5 Å². The summed E-state index contributed by atoms with van der Waals surface area (Å²) in [4.78, 5) is 39.9. The van der Waals surface area contributed by atoms with Crippen LogP contribution in [0.25, 0.3) is 0 Å². The van der Waals surface area contributed by atoms with Crippen molar-refractivity contribution in [2.75, 3.05) is 32.5 Å². The molecule has 2 atom stereocenters. The molecule has 2 rings (SSSR count). The smallest absolute Gasteiger partial charge is 0.410 e. The quantitative estimate of drug-likeness (QED) is 0.835. The van der Waals surface area contributed by atoms with Gasteiger partial charge in [0.1, 0.15) is 11.7 Å². The number of hydrogen-bond donors (Lipinski definition) is 1. The molecule has 1 aromatic rings. The number of para-hydroxylation sites is 1. The van der Waals surface area contributed by atoms with Gasteiger partial charge in [0.25, 0.3) is 5.91 Å². The molecule has 8 nitrogen and oxygen atoms in total. The number of nitrogens with one attached hydrogen (secondary N) is 1. The topological polar surface area (TPSA) is 88.2 Å². The molecular formula is C21H31N3O5. The van der Waals surface area contributed by atoms with Gasteiger partial charge in [0.05, 0.1) is 17.8 Å². The third-order valence-corrected chi connectivity index (χ3v) is 4.53. The van der Waals surface area contributed by atoms with E-state index in [1.807, 2.05) is 27.7 Å². The summed E-state index contributed by atoms with van der Waals surface area (Å²) in [6.45, 7) is 9.52. The first-order chi connectivity index (χ1) is 13.4. The fourth-order valence-electron chi connectivity index (χ4n) is 3.13. The molecular weight excluding hydrogens is 374 g/mol. The summed E-state index contributed by atoms with van der Waals surface area (Å²) in [5.41, 5.74) is 0.197. The Bertz CT molecular complexity index is 787. The van der Waals surface area contributed by atoms with Gasteiger partial charge in [-0.15, -0.1) is 0 Å².